The average molecular weight is 419 g/mol. The van der Waals surface area contributed by atoms with E-state index in [1.807, 2.05) is 19.1 Å². The molecule has 2 aromatic rings. The molecule has 4 rings (SSSR count). The second kappa shape index (κ2) is 9.12. The molecule has 0 radical (unpaired) electrons. The number of aromatic nitrogens is 1. The molecule has 0 saturated heterocycles. The van der Waals surface area contributed by atoms with Gasteiger partial charge in [-0.2, -0.15) is 0 Å². The minimum absolute atomic E-state index is 0.0999. The Hall–Kier alpha value is -2.51. The summed E-state index contributed by atoms with van der Waals surface area (Å²) in [6, 6.07) is 7.41. The summed E-state index contributed by atoms with van der Waals surface area (Å²) in [5, 5.41) is 13.1. The van der Waals surface area contributed by atoms with Gasteiger partial charge in [0.05, 0.1) is 10.6 Å². The zero-order valence-electron chi connectivity index (χ0n) is 15.1. The Bertz CT molecular complexity index is 932. The van der Waals surface area contributed by atoms with Crippen molar-refractivity contribution in [1.29, 1.82) is 0 Å². The molecule has 0 aliphatic carbocycles. The van der Waals surface area contributed by atoms with Gasteiger partial charge >= 0.3 is 5.97 Å². The first-order valence-electron chi connectivity index (χ1n) is 8.64. The van der Waals surface area contributed by atoms with E-state index >= 15 is 0 Å². The number of aryl methyl sites for hydroxylation is 1. The van der Waals surface area contributed by atoms with Crippen molar-refractivity contribution in [3.8, 4) is 5.75 Å². The van der Waals surface area contributed by atoms with E-state index in [-0.39, 0.29) is 6.42 Å². The fourth-order valence-electron chi connectivity index (χ4n) is 2.68. The number of amides is 1. The molecule has 1 atom stereocenters. The molecular formula is C20H19ClN2O4S. The van der Waals surface area contributed by atoms with Crippen molar-refractivity contribution >= 4 is 35.2 Å². The van der Waals surface area contributed by atoms with Crippen LogP contribution in [0.15, 0.2) is 47.5 Å². The summed E-state index contributed by atoms with van der Waals surface area (Å²) in [5.41, 5.74) is 1.82. The first kappa shape index (κ1) is 20.2. The maximum absolute atomic E-state index is 12.8. The number of thioether (sulfide) groups is 1. The highest BCUT2D eigenvalue weighted by Gasteiger charge is 2.23. The first-order valence-corrected chi connectivity index (χ1v) is 10.0. The lowest BCUT2D eigenvalue weighted by Crippen LogP contribution is -2.42. The summed E-state index contributed by atoms with van der Waals surface area (Å²) in [5.74, 6) is -0.476. The molecule has 2 aliphatic rings. The van der Waals surface area contributed by atoms with Crippen LogP contribution in [0.25, 0.3) is 0 Å². The fraction of sp³-hybridized carbons (Fsp3) is 0.250. The largest absolute Gasteiger partial charge is 0.488 e. The van der Waals surface area contributed by atoms with Crippen LogP contribution in [0.4, 0.5) is 0 Å². The highest BCUT2D eigenvalue weighted by molar-refractivity contribution is 7.99. The van der Waals surface area contributed by atoms with Gasteiger partial charge < -0.3 is 15.2 Å². The minimum Gasteiger partial charge on any atom is -0.488 e. The van der Waals surface area contributed by atoms with Gasteiger partial charge in [-0.1, -0.05) is 29.8 Å². The summed E-state index contributed by atoms with van der Waals surface area (Å²) >= 11 is 7.64. The van der Waals surface area contributed by atoms with Gasteiger partial charge in [0, 0.05) is 17.9 Å². The van der Waals surface area contributed by atoms with Crippen molar-refractivity contribution in [1.82, 2.24) is 10.3 Å². The van der Waals surface area contributed by atoms with Crippen LogP contribution in [0.2, 0.25) is 5.02 Å². The number of nitrogens with zero attached hydrogens (tertiary/aromatic N) is 1. The molecule has 0 fully saturated rings. The number of carbonyl (C=O) groups is 2. The van der Waals surface area contributed by atoms with Crippen LogP contribution < -0.4 is 10.1 Å². The molecule has 2 aliphatic heterocycles. The number of carbonyl (C=O) groups excluding carboxylic acids is 1. The molecule has 28 heavy (non-hydrogen) atoms. The van der Waals surface area contributed by atoms with Crippen molar-refractivity contribution in [2.75, 3.05) is 12.4 Å². The van der Waals surface area contributed by atoms with E-state index in [9.17, 15) is 14.7 Å². The van der Waals surface area contributed by atoms with Crippen LogP contribution in [-0.4, -0.2) is 40.4 Å². The molecule has 8 heteroatoms. The number of ether oxygens (including phenoxy) is 1. The third kappa shape index (κ3) is 5.05. The summed E-state index contributed by atoms with van der Waals surface area (Å²) in [6.07, 6.45) is 3.90. The van der Waals surface area contributed by atoms with Crippen molar-refractivity contribution in [3.05, 3.63) is 64.3 Å². The van der Waals surface area contributed by atoms with Gasteiger partial charge in [0.2, 0.25) is 0 Å². The van der Waals surface area contributed by atoms with Gasteiger partial charge in [0.25, 0.3) is 5.91 Å². The number of benzene rings is 1. The average Bonchev–Trinajstić information content (AvgIpc) is 2.64. The third-order valence-electron chi connectivity index (χ3n) is 4.10. The molecule has 0 unspecified atom stereocenters. The predicted octanol–water partition coefficient (Wildman–Crippen LogP) is 3.51. The minimum atomic E-state index is -1.12. The van der Waals surface area contributed by atoms with Crippen molar-refractivity contribution in [3.63, 3.8) is 0 Å². The number of carboxylic acids is 1. The summed E-state index contributed by atoms with van der Waals surface area (Å²) < 4.78 is 5.64. The Labute approximate surface area is 172 Å². The van der Waals surface area contributed by atoms with Gasteiger partial charge in [-0.25, -0.2) is 9.78 Å². The number of pyridine rings is 1. The molecule has 3 heterocycles. The monoisotopic (exact) mass is 418 g/mol. The molecule has 1 aromatic heterocycles. The first-order chi connectivity index (χ1) is 13.4. The number of nitrogens with one attached hydrogen (secondary N) is 1. The van der Waals surface area contributed by atoms with Crippen molar-refractivity contribution in [2.45, 2.75) is 24.4 Å². The lowest BCUT2D eigenvalue weighted by molar-refractivity contribution is -0.139. The Morgan fingerprint density at radius 1 is 1.32 bits per heavy atom. The van der Waals surface area contributed by atoms with E-state index in [0.717, 1.165) is 5.69 Å². The lowest BCUT2D eigenvalue weighted by Gasteiger charge is -2.17. The zero-order valence-corrected chi connectivity index (χ0v) is 16.7. The number of hydrogen-bond donors (Lipinski definition) is 2. The number of hydrogen-bond acceptors (Lipinski definition) is 5. The number of halogens is 1. The molecule has 6 nitrogen and oxygen atoms in total. The highest BCUT2D eigenvalue weighted by atomic mass is 35.5. The van der Waals surface area contributed by atoms with Crippen LogP contribution in [0.3, 0.4) is 0 Å². The fourth-order valence-corrected chi connectivity index (χ4v) is 3.85. The SMILES string of the molecule is Cc1ccc2c(n1)SC/C=C/COc1ccc(cc1Cl)C[C@@H](C(=O)O)NC2=O. The summed E-state index contributed by atoms with van der Waals surface area (Å²) in [4.78, 5) is 28.9. The second-order valence-electron chi connectivity index (χ2n) is 6.23. The smallest absolute Gasteiger partial charge is 0.326 e. The van der Waals surface area contributed by atoms with E-state index in [2.05, 4.69) is 10.3 Å². The Kier molecular flexibility index (Phi) is 6.59. The van der Waals surface area contributed by atoms with Gasteiger partial charge in [-0.15, -0.1) is 11.8 Å². The quantitative estimate of drug-likeness (QED) is 0.689. The molecule has 0 spiro atoms. The standard InChI is InChI=1S/C20H19ClN2O4S/c1-12-4-6-14-18(24)23-16(20(25)26)11-13-5-7-17(15(21)10-13)27-8-2-3-9-28-19(14)22-12/h2-7,10,16H,8-9,11H2,1H3,(H,23,24)(H,25,26)/b3-2+/t16-/m0/s1. The van der Waals surface area contributed by atoms with Crippen LogP contribution >= 0.6 is 23.4 Å². The molecule has 2 bridgehead atoms. The zero-order chi connectivity index (χ0) is 20.1. The molecule has 146 valence electrons. The van der Waals surface area contributed by atoms with Gasteiger partial charge in [0.1, 0.15) is 23.4 Å². The molecular weight excluding hydrogens is 400 g/mol. The van der Waals surface area contributed by atoms with E-state index in [1.165, 1.54) is 11.8 Å². The maximum atomic E-state index is 12.8. The molecule has 1 aromatic carbocycles. The van der Waals surface area contributed by atoms with Crippen molar-refractivity contribution < 1.29 is 19.4 Å². The van der Waals surface area contributed by atoms with Crippen LogP contribution in [0, 0.1) is 6.92 Å². The van der Waals surface area contributed by atoms with Gasteiger partial charge in [-0.3, -0.25) is 4.79 Å². The van der Waals surface area contributed by atoms with E-state index in [4.69, 9.17) is 16.3 Å². The molecule has 0 saturated carbocycles. The van der Waals surface area contributed by atoms with E-state index in [1.54, 1.807) is 30.3 Å². The normalized spacial score (nSPS) is 18.6. The van der Waals surface area contributed by atoms with E-state index < -0.39 is 17.9 Å². The molecule has 2 N–H and O–H groups in total. The van der Waals surface area contributed by atoms with Crippen LogP contribution in [0.5, 0.6) is 5.75 Å². The maximum Gasteiger partial charge on any atom is 0.326 e. The van der Waals surface area contributed by atoms with Crippen LogP contribution in [0.1, 0.15) is 21.6 Å². The van der Waals surface area contributed by atoms with Gasteiger partial charge in [-0.05, 0) is 36.8 Å². The Balaban J connectivity index is 1.95. The Morgan fingerprint density at radius 2 is 2.14 bits per heavy atom. The summed E-state index contributed by atoms with van der Waals surface area (Å²) in [6.45, 7) is 2.19. The van der Waals surface area contributed by atoms with E-state index in [0.29, 0.717) is 39.3 Å². The number of aliphatic carboxylic acids is 1. The Morgan fingerprint density at radius 3 is 2.89 bits per heavy atom. The predicted molar refractivity (Wildman–Crippen MR) is 108 cm³/mol. The van der Waals surface area contributed by atoms with Crippen LogP contribution in [-0.2, 0) is 11.2 Å². The second-order valence-corrected chi connectivity index (χ2v) is 7.65. The van der Waals surface area contributed by atoms with Crippen molar-refractivity contribution in [2.24, 2.45) is 0 Å². The summed E-state index contributed by atoms with van der Waals surface area (Å²) in [7, 11) is 0. The highest BCUT2D eigenvalue weighted by Crippen LogP contribution is 2.27. The number of rotatable bonds is 1. The third-order valence-corrected chi connectivity index (χ3v) is 5.34. The number of carboxylic acid groups (broad SMARTS) is 1. The topological polar surface area (TPSA) is 88.5 Å². The lowest BCUT2D eigenvalue weighted by atomic mass is 10.1. The number of fused-ring (bicyclic) bond motifs is 9. The molecule has 1 amide bonds. The van der Waals surface area contributed by atoms with Gasteiger partial charge in [0.15, 0.2) is 0 Å².